The molecular weight excluding hydrogens is 381 g/mol. The molecule has 2 rings (SSSR count). The van der Waals surface area contributed by atoms with Crippen molar-refractivity contribution >= 4 is 23.7 Å². The van der Waals surface area contributed by atoms with Crippen molar-refractivity contribution in [1.29, 1.82) is 0 Å². The third-order valence-electron chi connectivity index (χ3n) is 4.22. The van der Waals surface area contributed by atoms with Crippen LogP contribution in [-0.2, 0) is 9.53 Å². The minimum absolute atomic E-state index is 0.0161. The molecule has 0 N–H and O–H groups in total. The average molecular weight is 400 g/mol. The summed E-state index contributed by atoms with van der Waals surface area (Å²) in [5.74, 6) is -9.62. The van der Waals surface area contributed by atoms with Crippen LogP contribution in [0.2, 0.25) is 0 Å². The van der Waals surface area contributed by atoms with E-state index in [0.717, 1.165) is 26.0 Å². The number of aliphatic imine (C=N–C) groups is 1. The number of nitro benzene ring substituents is 1. The fraction of sp³-hybridized carbons (Fsp3) is 0.500. The number of ether oxygens (including phenoxy) is 1. The molecule has 1 aliphatic rings. The minimum Gasteiger partial charge on any atom is -0.465 e. The Kier molecular flexibility index (Phi) is 6.87. The highest BCUT2D eigenvalue weighted by Crippen LogP contribution is 2.33. The number of ketones is 1. The number of rotatable bonds is 9. The van der Waals surface area contributed by atoms with Gasteiger partial charge < -0.3 is 4.74 Å². The molecule has 0 aromatic heterocycles. The topological polar surface area (TPSA) is 98.9 Å². The maximum absolute atomic E-state index is 14.5. The highest BCUT2D eigenvalue weighted by molar-refractivity contribution is 6.20. The van der Waals surface area contributed by atoms with Crippen LogP contribution in [0.4, 0.5) is 18.9 Å². The molecule has 0 heterocycles. The van der Waals surface area contributed by atoms with Crippen molar-refractivity contribution in [2.24, 2.45) is 10.9 Å². The number of unbranched alkanes of at least 4 members (excludes halogenated alkanes) is 1. The third kappa shape index (κ3) is 4.55. The van der Waals surface area contributed by atoms with Crippen molar-refractivity contribution in [3.63, 3.8) is 0 Å². The first-order valence-electron chi connectivity index (χ1n) is 8.76. The summed E-state index contributed by atoms with van der Waals surface area (Å²) in [4.78, 5) is 38.9. The largest absolute Gasteiger partial charge is 0.465 e. The summed E-state index contributed by atoms with van der Waals surface area (Å²) in [6, 6.07) is -0.106. The molecule has 1 aromatic rings. The molecule has 0 bridgehead atoms. The van der Waals surface area contributed by atoms with Crippen molar-refractivity contribution in [3.05, 3.63) is 38.7 Å². The van der Waals surface area contributed by atoms with Crippen LogP contribution >= 0.6 is 0 Å². The standard InChI is InChI=1S/C18H19F3N2O5/c1-3-4-7-28-18(25)11(8-22-10-5-6-10)17(24)12-13(19)9(2)14(20)15(21)16(12)23(26)27/h8,10-11H,3-7H2,1-2H3. The van der Waals surface area contributed by atoms with Crippen molar-refractivity contribution < 1.29 is 32.4 Å². The normalized spacial score (nSPS) is 14.9. The Labute approximate surface area is 158 Å². The van der Waals surface area contributed by atoms with Crippen molar-refractivity contribution in [3.8, 4) is 0 Å². The number of carbonyl (C=O) groups excluding carboxylic acids is 2. The number of hydrogen-bond donors (Lipinski definition) is 0. The van der Waals surface area contributed by atoms with Crippen molar-refractivity contribution in [1.82, 2.24) is 0 Å². The van der Waals surface area contributed by atoms with Gasteiger partial charge in [0.25, 0.3) is 0 Å². The molecule has 28 heavy (non-hydrogen) atoms. The van der Waals surface area contributed by atoms with Gasteiger partial charge in [-0.15, -0.1) is 0 Å². The highest BCUT2D eigenvalue weighted by Gasteiger charge is 2.40. The Morgan fingerprint density at radius 3 is 2.46 bits per heavy atom. The Hall–Kier alpha value is -2.78. The predicted molar refractivity (Wildman–Crippen MR) is 92.9 cm³/mol. The van der Waals surface area contributed by atoms with E-state index in [1.54, 1.807) is 0 Å². The summed E-state index contributed by atoms with van der Waals surface area (Å²) in [6.07, 6.45) is 3.62. The number of Topliss-reactive ketones (excluding diaryl/α,β-unsaturated/α-hetero) is 1. The van der Waals surface area contributed by atoms with Gasteiger partial charge in [0.1, 0.15) is 11.4 Å². The summed E-state index contributed by atoms with van der Waals surface area (Å²) in [5, 5.41) is 11.2. The smallest absolute Gasteiger partial charge is 0.322 e. The van der Waals surface area contributed by atoms with E-state index in [4.69, 9.17) is 4.74 Å². The molecule has 0 amide bonds. The SMILES string of the molecule is CCCCOC(=O)C(C=NC1CC1)C(=O)c1c(F)c(C)c(F)c(F)c1[N+](=O)[O-]. The maximum Gasteiger partial charge on any atom is 0.322 e. The van der Waals surface area contributed by atoms with Gasteiger partial charge >= 0.3 is 11.7 Å². The fourth-order valence-electron chi connectivity index (χ4n) is 2.39. The van der Waals surface area contributed by atoms with Gasteiger partial charge in [-0.2, -0.15) is 4.39 Å². The van der Waals surface area contributed by atoms with E-state index in [9.17, 15) is 32.9 Å². The molecule has 0 spiro atoms. The van der Waals surface area contributed by atoms with Crippen LogP contribution in [0.15, 0.2) is 4.99 Å². The zero-order valence-corrected chi connectivity index (χ0v) is 15.3. The minimum atomic E-state index is -1.97. The maximum atomic E-state index is 14.5. The van der Waals surface area contributed by atoms with E-state index in [0.29, 0.717) is 12.8 Å². The quantitative estimate of drug-likeness (QED) is 0.0920. The fourth-order valence-corrected chi connectivity index (χ4v) is 2.39. The number of nitro groups is 1. The van der Waals surface area contributed by atoms with E-state index >= 15 is 0 Å². The zero-order valence-electron chi connectivity index (χ0n) is 15.3. The third-order valence-corrected chi connectivity index (χ3v) is 4.22. The monoisotopic (exact) mass is 400 g/mol. The first-order chi connectivity index (χ1) is 13.2. The Balaban J connectivity index is 2.51. The van der Waals surface area contributed by atoms with Crippen LogP contribution in [0.25, 0.3) is 0 Å². The number of nitrogens with zero attached hydrogens (tertiary/aromatic N) is 2. The van der Waals surface area contributed by atoms with Crippen LogP contribution in [0.3, 0.4) is 0 Å². The molecule has 1 atom stereocenters. The van der Waals surface area contributed by atoms with Gasteiger partial charge in [-0.3, -0.25) is 24.7 Å². The van der Waals surface area contributed by atoms with Gasteiger partial charge in [-0.25, -0.2) is 8.78 Å². The molecule has 1 fully saturated rings. The van der Waals surface area contributed by atoms with Crippen LogP contribution < -0.4 is 0 Å². The van der Waals surface area contributed by atoms with E-state index in [-0.39, 0.29) is 12.6 Å². The number of hydrogen-bond acceptors (Lipinski definition) is 6. The number of carbonyl (C=O) groups is 2. The van der Waals surface area contributed by atoms with Gasteiger partial charge in [0.05, 0.1) is 11.5 Å². The van der Waals surface area contributed by atoms with Gasteiger partial charge in [0.15, 0.2) is 17.5 Å². The molecular formula is C18H19F3N2O5. The van der Waals surface area contributed by atoms with Gasteiger partial charge in [-0.05, 0) is 26.2 Å². The summed E-state index contributed by atoms with van der Waals surface area (Å²) in [7, 11) is 0. The lowest BCUT2D eigenvalue weighted by molar-refractivity contribution is -0.388. The Bertz CT molecular complexity index is 837. The van der Waals surface area contributed by atoms with Crippen molar-refractivity contribution in [2.45, 2.75) is 45.6 Å². The lowest BCUT2D eigenvalue weighted by Gasteiger charge is -2.13. The molecule has 0 radical (unpaired) electrons. The molecule has 1 aromatic carbocycles. The van der Waals surface area contributed by atoms with Crippen molar-refractivity contribution in [2.75, 3.05) is 6.61 Å². The van der Waals surface area contributed by atoms with E-state index in [1.165, 1.54) is 0 Å². The summed E-state index contributed by atoms with van der Waals surface area (Å²) in [6.45, 7) is 2.66. The predicted octanol–water partition coefficient (Wildman–Crippen LogP) is 3.70. The van der Waals surface area contributed by atoms with Crippen LogP contribution in [0.1, 0.15) is 48.5 Å². The first kappa shape index (κ1) is 21.5. The Morgan fingerprint density at radius 1 is 1.29 bits per heavy atom. The lowest BCUT2D eigenvalue weighted by atomic mass is 9.94. The zero-order chi connectivity index (χ0) is 21.0. The number of benzene rings is 1. The molecule has 1 aliphatic carbocycles. The number of esters is 1. The first-order valence-corrected chi connectivity index (χ1v) is 8.76. The summed E-state index contributed by atoms with van der Waals surface area (Å²) in [5.41, 5.74) is -3.86. The molecule has 152 valence electrons. The van der Waals surface area contributed by atoms with E-state index in [1.807, 2.05) is 6.92 Å². The molecule has 7 nitrogen and oxygen atoms in total. The second-order valence-corrected chi connectivity index (χ2v) is 6.44. The second kappa shape index (κ2) is 8.94. The number of halogens is 3. The summed E-state index contributed by atoms with van der Waals surface area (Å²) < 4.78 is 47.3. The van der Waals surface area contributed by atoms with Gasteiger partial charge in [-0.1, -0.05) is 13.3 Å². The van der Waals surface area contributed by atoms with Gasteiger partial charge in [0.2, 0.25) is 5.82 Å². The molecule has 0 aliphatic heterocycles. The molecule has 0 saturated heterocycles. The molecule has 1 unspecified atom stereocenters. The molecule has 10 heteroatoms. The molecule has 1 saturated carbocycles. The lowest BCUT2D eigenvalue weighted by Crippen LogP contribution is -2.30. The average Bonchev–Trinajstić information content (AvgIpc) is 3.47. The van der Waals surface area contributed by atoms with E-state index in [2.05, 4.69) is 4.99 Å². The van der Waals surface area contributed by atoms with Crippen LogP contribution in [-0.4, -0.2) is 35.5 Å². The van der Waals surface area contributed by atoms with Gasteiger partial charge in [0, 0.05) is 17.8 Å². The van der Waals surface area contributed by atoms with Crippen LogP contribution in [0.5, 0.6) is 0 Å². The Morgan fingerprint density at radius 2 is 1.93 bits per heavy atom. The highest BCUT2D eigenvalue weighted by atomic mass is 19.2. The van der Waals surface area contributed by atoms with E-state index < -0.39 is 56.9 Å². The summed E-state index contributed by atoms with van der Waals surface area (Å²) >= 11 is 0. The van der Waals surface area contributed by atoms with Crippen LogP contribution in [0, 0.1) is 40.4 Å². The second-order valence-electron chi connectivity index (χ2n) is 6.44.